The predicted octanol–water partition coefficient (Wildman–Crippen LogP) is 4.51. The SMILES string of the molecule is CN(C(=O)OCC1c2ccccc2-c2ccccc21)C(CC(=O)O)C1CCC1. The number of ether oxygens (including phenoxy) is 1. The van der Waals surface area contributed by atoms with Crippen LogP contribution in [0.3, 0.4) is 0 Å². The van der Waals surface area contributed by atoms with Crippen LogP contribution < -0.4 is 0 Å². The summed E-state index contributed by atoms with van der Waals surface area (Å²) in [4.78, 5) is 25.4. The molecule has 1 amide bonds. The molecule has 1 N–H and O–H groups in total. The first-order valence-corrected chi connectivity index (χ1v) is 9.86. The molecule has 0 aromatic heterocycles. The zero-order valence-electron chi connectivity index (χ0n) is 16.0. The van der Waals surface area contributed by atoms with Gasteiger partial charge in [-0.2, -0.15) is 0 Å². The summed E-state index contributed by atoms with van der Waals surface area (Å²) < 4.78 is 5.68. The average Bonchev–Trinajstić information content (AvgIpc) is 2.97. The van der Waals surface area contributed by atoms with Crippen LogP contribution in [0.2, 0.25) is 0 Å². The van der Waals surface area contributed by atoms with Crippen molar-refractivity contribution in [2.75, 3.05) is 13.7 Å². The molecule has 5 heteroatoms. The fourth-order valence-electron chi connectivity index (χ4n) is 4.45. The molecule has 0 bridgehead atoms. The van der Waals surface area contributed by atoms with Crippen molar-refractivity contribution in [2.45, 2.75) is 37.6 Å². The summed E-state index contributed by atoms with van der Waals surface area (Å²) in [5, 5.41) is 9.23. The number of rotatable bonds is 6. The van der Waals surface area contributed by atoms with Gasteiger partial charge in [0.2, 0.25) is 0 Å². The van der Waals surface area contributed by atoms with Gasteiger partial charge in [-0.05, 0) is 41.0 Å². The lowest BCUT2D eigenvalue weighted by molar-refractivity contribution is -0.139. The standard InChI is InChI=1S/C23H25NO4/c1-24(21(13-22(25)26)15-7-6-8-15)23(27)28-14-20-18-11-4-2-9-16(18)17-10-3-5-12-19(17)20/h2-5,9-12,15,20-21H,6-8,13-14H2,1H3,(H,25,26). The number of carboxylic acids is 1. The molecule has 5 nitrogen and oxygen atoms in total. The molecule has 28 heavy (non-hydrogen) atoms. The molecular weight excluding hydrogens is 354 g/mol. The van der Waals surface area contributed by atoms with E-state index < -0.39 is 12.1 Å². The van der Waals surface area contributed by atoms with Crippen LogP contribution in [0.15, 0.2) is 48.5 Å². The van der Waals surface area contributed by atoms with Crippen molar-refractivity contribution >= 4 is 12.1 Å². The predicted molar refractivity (Wildman–Crippen MR) is 106 cm³/mol. The highest BCUT2D eigenvalue weighted by molar-refractivity contribution is 5.79. The number of fused-ring (bicyclic) bond motifs is 3. The molecule has 1 saturated carbocycles. The van der Waals surface area contributed by atoms with E-state index >= 15 is 0 Å². The number of carbonyl (C=O) groups is 2. The number of hydrogen-bond acceptors (Lipinski definition) is 3. The van der Waals surface area contributed by atoms with Gasteiger partial charge in [0, 0.05) is 19.0 Å². The summed E-state index contributed by atoms with van der Waals surface area (Å²) >= 11 is 0. The zero-order valence-corrected chi connectivity index (χ0v) is 16.0. The van der Waals surface area contributed by atoms with Crippen LogP contribution >= 0.6 is 0 Å². The second kappa shape index (κ2) is 7.66. The minimum absolute atomic E-state index is 0.00590. The number of benzene rings is 2. The fraction of sp³-hybridized carbons (Fsp3) is 0.391. The average molecular weight is 379 g/mol. The van der Waals surface area contributed by atoms with Crippen molar-refractivity contribution < 1.29 is 19.4 Å². The second-order valence-corrected chi connectivity index (χ2v) is 7.77. The summed E-state index contributed by atoms with van der Waals surface area (Å²) in [5.41, 5.74) is 4.71. The molecule has 0 saturated heterocycles. The van der Waals surface area contributed by atoms with E-state index in [4.69, 9.17) is 4.74 Å². The van der Waals surface area contributed by atoms with Gasteiger partial charge in [-0.25, -0.2) is 4.79 Å². The Morgan fingerprint density at radius 2 is 1.64 bits per heavy atom. The monoisotopic (exact) mass is 379 g/mol. The quantitative estimate of drug-likeness (QED) is 0.802. The van der Waals surface area contributed by atoms with Gasteiger partial charge in [0.05, 0.1) is 6.42 Å². The highest BCUT2D eigenvalue weighted by Gasteiger charge is 2.35. The Hall–Kier alpha value is -2.82. The molecule has 2 aliphatic rings. The highest BCUT2D eigenvalue weighted by atomic mass is 16.6. The van der Waals surface area contributed by atoms with Crippen LogP contribution in [0.25, 0.3) is 11.1 Å². The van der Waals surface area contributed by atoms with Crippen LogP contribution in [0.4, 0.5) is 4.79 Å². The van der Waals surface area contributed by atoms with E-state index in [2.05, 4.69) is 24.3 Å². The smallest absolute Gasteiger partial charge is 0.409 e. The molecule has 2 aliphatic carbocycles. The van der Waals surface area contributed by atoms with Gasteiger partial charge in [0.15, 0.2) is 0 Å². The Labute approximate surface area is 164 Å². The Kier molecular flexibility index (Phi) is 5.07. The summed E-state index contributed by atoms with van der Waals surface area (Å²) in [6.07, 6.45) is 2.56. The number of aliphatic carboxylic acids is 1. The maximum absolute atomic E-state index is 12.7. The number of nitrogens with zero attached hydrogens (tertiary/aromatic N) is 1. The largest absolute Gasteiger partial charge is 0.481 e. The summed E-state index contributed by atoms with van der Waals surface area (Å²) in [6.45, 7) is 0.252. The van der Waals surface area contributed by atoms with Gasteiger partial charge >= 0.3 is 12.1 Å². The van der Waals surface area contributed by atoms with Crippen molar-refractivity contribution in [2.24, 2.45) is 5.92 Å². The normalized spacial score (nSPS) is 16.6. The maximum Gasteiger partial charge on any atom is 0.409 e. The summed E-state index contributed by atoms with van der Waals surface area (Å²) in [5.74, 6) is -0.622. The van der Waals surface area contributed by atoms with Crippen LogP contribution in [0.5, 0.6) is 0 Å². The molecule has 1 atom stereocenters. The maximum atomic E-state index is 12.7. The second-order valence-electron chi connectivity index (χ2n) is 7.77. The van der Waals surface area contributed by atoms with Crippen molar-refractivity contribution in [3.05, 3.63) is 59.7 Å². The van der Waals surface area contributed by atoms with Crippen LogP contribution in [0, 0.1) is 5.92 Å². The van der Waals surface area contributed by atoms with Crippen LogP contribution in [-0.2, 0) is 9.53 Å². The van der Waals surface area contributed by atoms with Crippen molar-refractivity contribution in [3.8, 4) is 11.1 Å². The molecule has 0 heterocycles. The van der Waals surface area contributed by atoms with E-state index in [9.17, 15) is 14.7 Å². The van der Waals surface area contributed by atoms with Gasteiger partial charge < -0.3 is 14.7 Å². The van der Waals surface area contributed by atoms with Crippen molar-refractivity contribution in [1.29, 1.82) is 0 Å². The van der Waals surface area contributed by atoms with E-state index in [1.807, 2.05) is 24.3 Å². The lowest BCUT2D eigenvalue weighted by atomic mass is 9.78. The molecule has 2 aromatic carbocycles. The Morgan fingerprint density at radius 3 is 2.14 bits per heavy atom. The van der Waals surface area contributed by atoms with Gasteiger partial charge in [-0.1, -0.05) is 55.0 Å². The first kappa shape index (κ1) is 18.5. The van der Waals surface area contributed by atoms with Gasteiger partial charge in [0.1, 0.15) is 6.61 Å². The van der Waals surface area contributed by atoms with E-state index in [0.29, 0.717) is 0 Å². The third-order valence-corrected chi connectivity index (χ3v) is 6.20. The molecular formula is C23H25NO4. The molecule has 146 valence electrons. The molecule has 2 aromatic rings. The number of carbonyl (C=O) groups excluding carboxylic acids is 1. The Morgan fingerprint density at radius 1 is 1.07 bits per heavy atom. The van der Waals surface area contributed by atoms with Crippen molar-refractivity contribution in [3.63, 3.8) is 0 Å². The molecule has 1 fully saturated rings. The number of amides is 1. The van der Waals surface area contributed by atoms with E-state index in [-0.39, 0.29) is 30.9 Å². The minimum Gasteiger partial charge on any atom is -0.481 e. The third-order valence-electron chi connectivity index (χ3n) is 6.20. The molecule has 0 radical (unpaired) electrons. The van der Waals surface area contributed by atoms with Crippen molar-refractivity contribution in [1.82, 2.24) is 4.90 Å². The lowest BCUT2D eigenvalue weighted by Crippen LogP contribution is -2.45. The lowest BCUT2D eigenvalue weighted by Gasteiger charge is -2.38. The number of carboxylic acid groups (broad SMARTS) is 1. The summed E-state index contributed by atoms with van der Waals surface area (Å²) in [6, 6.07) is 16.1. The molecule has 1 unspecified atom stereocenters. The zero-order chi connectivity index (χ0) is 19.7. The van der Waals surface area contributed by atoms with Gasteiger partial charge in [0.25, 0.3) is 0 Å². The fourth-order valence-corrected chi connectivity index (χ4v) is 4.45. The Balaban J connectivity index is 1.48. The van der Waals surface area contributed by atoms with Crippen LogP contribution in [-0.4, -0.2) is 41.8 Å². The first-order chi connectivity index (χ1) is 13.6. The topological polar surface area (TPSA) is 66.8 Å². The minimum atomic E-state index is -0.879. The molecule has 4 rings (SSSR count). The summed E-state index contributed by atoms with van der Waals surface area (Å²) in [7, 11) is 1.66. The van der Waals surface area contributed by atoms with Gasteiger partial charge in [-0.3, -0.25) is 4.79 Å². The molecule has 0 aliphatic heterocycles. The van der Waals surface area contributed by atoms with E-state index in [1.54, 1.807) is 7.05 Å². The highest BCUT2D eigenvalue weighted by Crippen LogP contribution is 2.44. The molecule has 0 spiro atoms. The van der Waals surface area contributed by atoms with E-state index in [1.165, 1.54) is 27.2 Å². The van der Waals surface area contributed by atoms with Crippen LogP contribution in [0.1, 0.15) is 42.7 Å². The third kappa shape index (κ3) is 3.37. The van der Waals surface area contributed by atoms with E-state index in [0.717, 1.165) is 19.3 Å². The first-order valence-electron chi connectivity index (χ1n) is 9.86. The number of hydrogen-bond donors (Lipinski definition) is 1. The van der Waals surface area contributed by atoms with Gasteiger partial charge in [-0.15, -0.1) is 0 Å². The Bertz CT molecular complexity index is 844.